The number of hydrogen-bond acceptors (Lipinski definition) is 3. The maximum absolute atomic E-state index is 9.72. The molecule has 1 atom stereocenters. The maximum atomic E-state index is 9.72. The van der Waals surface area contributed by atoms with Crippen molar-refractivity contribution in [3.63, 3.8) is 0 Å². The van der Waals surface area contributed by atoms with Crippen molar-refractivity contribution in [1.29, 1.82) is 0 Å². The molecule has 156 valence electrons. The lowest BCUT2D eigenvalue weighted by Crippen LogP contribution is -2.34. The first-order valence-electron chi connectivity index (χ1n) is 11.6. The Balaban J connectivity index is 2.73. The Labute approximate surface area is 162 Å². The highest BCUT2D eigenvalue weighted by atomic mass is 16.3. The van der Waals surface area contributed by atoms with Crippen molar-refractivity contribution in [1.82, 2.24) is 0 Å². The summed E-state index contributed by atoms with van der Waals surface area (Å²) in [5.41, 5.74) is 0.0141. The number of rotatable bonds is 6. The second-order valence-electron chi connectivity index (χ2n) is 8.65. The van der Waals surface area contributed by atoms with E-state index in [1.165, 1.54) is 83.5 Å². The summed E-state index contributed by atoms with van der Waals surface area (Å²) in [4.78, 5) is 0. The summed E-state index contributed by atoms with van der Waals surface area (Å²) in [6.45, 7) is 0.618. The molecule has 3 N–H and O–H groups in total. The summed E-state index contributed by atoms with van der Waals surface area (Å²) >= 11 is 0. The van der Waals surface area contributed by atoms with E-state index < -0.39 is 0 Å². The van der Waals surface area contributed by atoms with E-state index in [0.717, 1.165) is 32.1 Å². The Morgan fingerprint density at radius 2 is 0.962 bits per heavy atom. The SMILES string of the molecule is OCCC1CCCCCCCCCCCCCCCC1(CCO)CCO. The van der Waals surface area contributed by atoms with Crippen LogP contribution >= 0.6 is 0 Å². The van der Waals surface area contributed by atoms with Crippen LogP contribution in [0.3, 0.4) is 0 Å². The van der Waals surface area contributed by atoms with E-state index in [1.54, 1.807) is 0 Å². The molecule has 0 bridgehead atoms. The van der Waals surface area contributed by atoms with Crippen molar-refractivity contribution < 1.29 is 15.3 Å². The molecule has 0 spiro atoms. The summed E-state index contributed by atoms with van der Waals surface area (Å²) in [6.07, 6.45) is 21.9. The van der Waals surface area contributed by atoms with E-state index in [2.05, 4.69) is 0 Å². The van der Waals surface area contributed by atoms with Crippen molar-refractivity contribution in [2.45, 2.75) is 116 Å². The Morgan fingerprint density at radius 1 is 0.538 bits per heavy atom. The number of aliphatic hydroxyl groups excluding tert-OH is 3. The molecule has 1 aliphatic rings. The Morgan fingerprint density at radius 3 is 1.38 bits per heavy atom. The molecule has 0 radical (unpaired) electrons. The van der Waals surface area contributed by atoms with Crippen LogP contribution in [0.15, 0.2) is 0 Å². The van der Waals surface area contributed by atoms with Crippen molar-refractivity contribution in [3.05, 3.63) is 0 Å². The molecular formula is C23H46O3. The zero-order chi connectivity index (χ0) is 18.9. The van der Waals surface area contributed by atoms with E-state index in [4.69, 9.17) is 0 Å². The maximum Gasteiger partial charge on any atom is 0.0436 e. The van der Waals surface area contributed by atoms with E-state index in [0.29, 0.717) is 5.92 Å². The van der Waals surface area contributed by atoms with Crippen molar-refractivity contribution >= 4 is 0 Å². The summed E-state index contributed by atoms with van der Waals surface area (Å²) in [6, 6.07) is 0. The lowest BCUT2D eigenvalue weighted by atomic mass is 9.65. The molecule has 0 aromatic rings. The predicted molar refractivity (Wildman–Crippen MR) is 110 cm³/mol. The molecule has 0 amide bonds. The zero-order valence-electron chi connectivity index (χ0n) is 17.3. The van der Waals surface area contributed by atoms with Gasteiger partial charge in [0.05, 0.1) is 0 Å². The second kappa shape index (κ2) is 15.9. The van der Waals surface area contributed by atoms with Gasteiger partial charge in [-0.1, -0.05) is 83.5 Å². The highest BCUT2D eigenvalue weighted by Gasteiger charge is 2.36. The van der Waals surface area contributed by atoms with Crippen LogP contribution in [0.1, 0.15) is 116 Å². The van der Waals surface area contributed by atoms with Gasteiger partial charge in [0.25, 0.3) is 0 Å². The fraction of sp³-hybridized carbons (Fsp3) is 1.00. The van der Waals surface area contributed by atoms with E-state index >= 15 is 0 Å². The lowest BCUT2D eigenvalue weighted by Gasteiger charge is -2.41. The molecule has 0 aliphatic heterocycles. The van der Waals surface area contributed by atoms with Crippen LogP contribution in [-0.2, 0) is 0 Å². The first-order chi connectivity index (χ1) is 12.8. The Kier molecular flexibility index (Phi) is 14.6. The third-order valence-electron chi connectivity index (χ3n) is 6.79. The monoisotopic (exact) mass is 370 g/mol. The molecule has 0 aromatic carbocycles. The fourth-order valence-electron chi connectivity index (χ4n) is 5.16. The van der Waals surface area contributed by atoms with Gasteiger partial charge in [-0.15, -0.1) is 0 Å². The first-order valence-corrected chi connectivity index (χ1v) is 11.6. The zero-order valence-corrected chi connectivity index (χ0v) is 17.3. The smallest absolute Gasteiger partial charge is 0.0436 e. The molecule has 1 saturated carbocycles. The van der Waals surface area contributed by atoms with Gasteiger partial charge in [-0.05, 0) is 43.4 Å². The molecule has 0 heterocycles. The second-order valence-corrected chi connectivity index (χ2v) is 8.65. The van der Waals surface area contributed by atoms with Gasteiger partial charge in [-0.25, -0.2) is 0 Å². The minimum Gasteiger partial charge on any atom is -0.396 e. The largest absolute Gasteiger partial charge is 0.396 e. The molecule has 26 heavy (non-hydrogen) atoms. The highest BCUT2D eigenvalue weighted by molar-refractivity contribution is 4.86. The summed E-state index contributed by atoms with van der Waals surface area (Å²) in [7, 11) is 0. The first kappa shape index (κ1) is 23.9. The van der Waals surface area contributed by atoms with Gasteiger partial charge in [0, 0.05) is 19.8 Å². The minimum atomic E-state index is 0.0141. The molecule has 3 nitrogen and oxygen atoms in total. The van der Waals surface area contributed by atoms with E-state index in [1.807, 2.05) is 0 Å². The predicted octanol–water partition coefficient (Wildman–Crippen LogP) is 5.60. The van der Waals surface area contributed by atoms with E-state index in [-0.39, 0.29) is 25.2 Å². The topological polar surface area (TPSA) is 60.7 Å². The van der Waals surface area contributed by atoms with Gasteiger partial charge in [0.15, 0.2) is 0 Å². The van der Waals surface area contributed by atoms with Crippen molar-refractivity contribution in [2.24, 2.45) is 11.3 Å². The average molecular weight is 371 g/mol. The van der Waals surface area contributed by atoms with Crippen LogP contribution in [0.5, 0.6) is 0 Å². The van der Waals surface area contributed by atoms with Crippen LogP contribution in [0.4, 0.5) is 0 Å². The summed E-state index contributed by atoms with van der Waals surface area (Å²) in [5, 5.41) is 29.1. The molecule has 1 aliphatic carbocycles. The van der Waals surface area contributed by atoms with Crippen LogP contribution in [0.2, 0.25) is 0 Å². The third kappa shape index (κ3) is 9.71. The van der Waals surface area contributed by atoms with Crippen LogP contribution < -0.4 is 0 Å². The van der Waals surface area contributed by atoms with Gasteiger partial charge in [0.2, 0.25) is 0 Å². The molecule has 3 heteroatoms. The van der Waals surface area contributed by atoms with Gasteiger partial charge in [0.1, 0.15) is 0 Å². The summed E-state index contributed by atoms with van der Waals surface area (Å²) in [5.74, 6) is 0.433. The van der Waals surface area contributed by atoms with Crippen LogP contribution in [0, 0.1) is 11.3 Å². The van der Waals surface area contributed by atoms with Crippen molar-refractivity contribution in [2.75, 3.05) is 19.8 Å². The molecule has 1 unspecified atom stereocenters. The Hall–Kier alpha value is -0.120. The molecule has 1 rings (SSSR count). The number of aliphatic hydroxyl groups is 3. The van der Waals surface area contributed by atoms with Gasteiger partial charge < -0.3 is 15.3 Å². The van der Waals surface area contributed by atoms with Crippen LogP contribution in [-0.4, -0.2) is 35.1 Å². The molecular weight excluding hydrogens is 324 g/mol. The minimum absolute atomic E-state index is 0.0141. The molecule has 1 fully saturated rings. The summed E-state index contributed by atoms with van der Waals surface area (Å²) < 4.78 is 0. The van der Waals surface area contributed by atoms with Crippen LogP contribution in [0.25, 0.3) is 0 Å². The third-order valence-corrected chi connectivity index (χ3v) is 6.79. The normalized spacial score (nSPS) is 24.8. The quantitative estimate of drug-likeness (QED) is 0.570. The highest BCUT2D eigenvalue weighted by Crippen LogP contribution is 2.44. The van der Waals surface area contributed by atoms with Gasteiger partial charge in [-0.2, -0.15) is 0 Å². The lowest BCUT2D eigenvalue weighted by molar-refractivity contribution is 0.0382. The Bertz CT molecular complexity index is 300. The van der Waals surface area contributed by atoms with Gasteiger partial charge >= 0.3 is 0 Å². The fourth-order valence-corrected chi connectivity index (χ4v) is 5.16. The van der Waals surface area contributed by atoms with Gasteiger partial charge in [-0.3, -0.25) is 0 Å². The standard InChI is InChI=1S/C23H46O3/c24-19-15-22-14-12-10-8-6-4-2-1-3-5-7-9-11-13-16-23(22,17-20-25)18-21-26/h22,24-26H,1-21H2. The molecule has 0 aromatic heterocycles. The number of hydrogen-bond donors (Lipinski definition) is 3. The molecule has 0 saturated heterocycles. The van der Waals surface area contributed by atoms with E-state index in [9.17, 15) is 15.3 Å². The van der Waals surface area contributed by atoms with Crippen molar-refractivity contribution in [3.8, 4) is 0 Å². The average Bonchev–Trinajstić information content (AvgIpc) is 2.63.